The first-order valence-electron chi connectivity index (χ1n) is 9.22. The number of rotatable bonds is 3. The highest BCUT2D eigenvalue weighted by molar-refractivity contribution is 5.86. The summed E-state index contributed by atoms with van der Waals surface area (Å²) in [7, 11) is 1.91. The average Bonchev–Trinajstić information content (AvgIpc) is 3.17. The molecule has 1 aromatic heterocycles. The molecule has 1 spiro atoms. The zero-order chi connectivity index (χ0) is 16.6. The topological polar surface area (TPSA) is 43.4 Å². The molecule has 1 saturated heterocycles. The zero-order valence-corrected chi connectivity index (χ0v) is 14.9. The van der Waals surface area contributed by atoms with Crippen molar-refractivity contribution in [2.75, 3.05) is 26.7 Å². The standard InChI is InChI=1S/C20H28N4/c1-15-5-3-6-17-18(15)16(13-23-17)7-11-22-19(21-2)24-12-10-20(14-24)8-4-9-20/h3,5-6,13,23H,4,7-12,14H2,1-2H3,(H,21,22). The molecule has 128 valence electrons. The number of aromatic amines is 1. The lowest BCUT2D eigenvalue weighted by atomic mass is 9.68. The highest BCUT2D eigenvalue weighted by Crippen LogP contribution is 2.47. The van der Waals surface area contributed by atoms with Crippen LogP contribution in [0.4, 0.5) is 0 Å². The Morgan fingerprint density at radius 3 is 2.92 bits per heavy atom. The molecule has 0 unspecified atom stereocenters. The van der Waals surface area contributed by atoms with Gasteiger partial charge < -0.3 is 15.2 Å². The van der Waals surface area contributed by atoms with Crippen LogP contribution in [0, 0.1) is 12.3 Å². The first kappa shape index (κ1) is 15.6. The van der Waals surface area contributed by atoms with Gasteiger partial charge in [-0.25, -0.2) is 0 Å². The van der Waals surface area contributed by atoms with Crippen LogP contribution in [0.25, 0.3) is 10.9 Å². The van der Waals surface area contributed by atoms with Crippen molar-refractivity contribution >= 4 is 16.9 Å². The molecule has 4 heteroatoms. The number of guanidine groups is 1. The highest BCUT2D eigenvalue weighted by Gasteiger charge is 2.43. The van der Waals surface area contributed by atoms with Crippen molar-refractivity contribution in [2.24, 2.45) is 10.4 Å². The second-order valence-corrected chi connectivity index (χ2v) is 7.56. The van der Waals surface area contributed by atoms with E-state index in [-0.39, 0.29) is 0 Å². The fourth-order valence-corrected chi connectivity index (χ4v) is 4.49. The number of hydrogen-bond acceptors (Lipinski definition) is 1. The molecule has 0 amide bonds. The van der Waals surface area contributed by atoms with Gasteiger partial charge in [0.15, 0.2) is 5.96 Å². The number of benzene rings is 1. The third-order valence-corrected chi connectivity index (χ3v) is 6.04. The maximum atomic E-state index is 4.52. The van der Waals surface area contributed by atoms with Gasteiger partial charge in [-0.1, -0.05) is 18.6 Å². The van der Waals surface area contributed by atoms with Gasteiger partial charge >= 0.3 is 0 Å². The van der Waals surface area contributed by atoms with Crippen LogP contribution in [0.2, 0.25) is 0 Å². The van der Waals surface area contributed by atoms with E-state index < -0.39 is 0 Å². The maximum absolute atomic E-state index is 4.52. The van der Waals surface area contributed by atoms with Crippen molar-refractivity contribution in [3.05, 3.63) is 35.5 Å². The molecule has 1 aliphatic carbocycles. The Balaban J connectivity index is 1.37. The smallest absolute Gasteiger partial charge is 0.193 e. The summed E-state index contributed by atoms with van der Waals surface area (Å²) in [5.74, 6) is 1.08. The number of nitrogens with zero attached hydrogens (tertiary/aromatic N) is 2. The van der Waals surface area contributed by atoms with E-state index in [4.69, 9.17) is 0 Å². The molecule has 1 saturated carbocycles. The van der Waals surface area contributed by atoms with Gasteiger partial charge in [0.2, 0.25) is 0 Å². The van der Waals surface area contributed by atoms with Crippen molar-refractivity contribution in [3.8, 4) is 0 Å². The lowest BCUT2D eigenvalue weighted by Gasteiger charge is -2.38. The predicted octanol–water partition coefficient (Wildman–Crippen LogP) is 3.47. The fraction of sp³-hybridized carbons (Fsp3) is 0.550. The number of hydrogen-bond donors (Lipinski definition) is 2. The van der Waals surface area contributed by atoms with E-state index in [1.807, 2.05) is 7.05 Å². The molecule has 1 aromatic carbocycles. The van der Waals surface area contributed by atoms with E-state index in [1.54, 1.807) is 0 Å². The van der Waals surface area contributed by atoms with Crippen molar-refractivity contribution in [1.29, 1.82) is 0 Å². The van der Waals surface area contributed by atoms with Gasteiger partial charge in [0.05, 0.1) is 0 Å². The Hall–Kier alpha value is -1.97. The molecule has 2 heterocycles. The molecular formula is C20H28N4. The molecule has 2 fully saturated rings. The average molecular weight is 324 g/mol. The molecule has 2 N–H and O–H groups in total. The van der Waals surface area contributed by atoms with E-state index in [0.29, 0.717) is 5.41 Å². The predicted molar refractivity (Wildman–Crippen MR) is 101 cm³/mol. The van der Waals surface area contributed by atoms with Crippen LogP contribution < -0.4 is 5.32 Å². The van der Waals surface area contributed by atoms with Gasteiger partial charge in [-0.05, 0) is 55.2 Å². The number of fused-ring (bicyclic) bond motifs is 1. The highest BCUT2D eigenvalue weighted by atomic mass is 15.3. The van der Waals surface area contributed by atoms with Crippen molar-refractivity contribution in [1.82, 2.24) is 15.2 Å². The molecule has 1 aliphatic heterocycles. The van der Waals surface area contributed by atoms with Crippen molar-refractivity contribution in [3.63, 3.8) is 0 Å². The monoisotopic (exact) mass is 324 g/mol. The summed E-state index contributed by atoms with van der Waals surface area (Å²) in [6, 6.07) is 6.45. The van der Waals surface area contributed by atoms with Crippen LogP contribution in [0.3, 0.4) is 0 Å². The van der Waals surface area contributed by atoms with Gasteiger partial charge in [0, 0.05) is 43.8 Å². The lowest BCUT2D eigenvalue weighted by Crippen LogP contribution is -2.43. The Labute approximate surface area is 144 Å². The Bertz CT molecular complexity index is 754. The van der Waals surface area contributed by atoms with Crippen LogP contribution in [0.5, 0.6) is 0 Å². The van der Waals surface area contributed by atoms with Crippen molar-refractivity contribution < 1.29 is 0 Å². The molecule has 0 radical (unpaired) electrons. The van der Waals surface area contributed by atoms with E-state index in [1.165, 1.54) is 54.3 Å². The molecule has 24 heavy (non-hydrogen) atoms. The second-order valence-electron chi connectivity index (χ2n) is 7.56. The second kappa shape index (κ2) is 6.15. The third kappa shape index (κ3) is 2.68. The molecule has 0 bridgehead atoms. The van der Waals surface area contributed by atoms with Crippen LogP contribution in [0.1, 0.15) is 36.8 Å². The van der Waals surface area contributed by atoms with Crippen LogP contribution >= 0.6 is 0 Å². The van der Waals surface area contributed by atoms with E-state index >= 15 is 0 Å². The normalized spacial score (nSPS) is 19.9. The molecule has 0 atom stereocenters. The van der Waals surface area contributed by atoms with E-state index in [0.717, 1.165) is 25.5 Å². The lowest BCUT2D eigenvalue weighted by molar-refractivity contribution is 0.151. The number of nitrogens with one attached hydrogen (secondary N) is 2. The summed E-state index contributed by atoms with van der Waals surface area (Å²) in [5.41, 5.74) is 4.59. The van der Waals surface area contributed by atoms with Gasteiger partial charge in [-0.15, -0.1) is 0 Å². The summed E-state index contributed by atoms with van der Waals surface area (Å²) in [5, 5.41) is 4.96. The van der Waals surface area contributed by atoms with E-state index in [9.17, 15) is 0 Å². The van der Waals surface area contributed by atoms with Gasteiger partial charge in [0.1, 0.15) is 0 Å². The SMILES string of the molecule is CN=C(NCCc1c[nH]c2cccc(C)c12)N1CCC2(CCC2)C1. The largest absolute Gasteiger partial charge is 0.361 e. The number of aromatic nitrogens is 1. The summed E-state index contributed by atoms with van der Waals surface area (Å²) in [6.07, 6.45) is 8.75. The zero-order valence-electron chi connectivity index (χ0n) is 14.9. The quantitative estimate of drug-likeness (QED) is 0.671. The summed E-state index contributed by atoms with van der Waals surface area (Å²) < 4.78 is 0. The van der Waals surface area contributed by atoms with Crippen LogP contribution in [0.15, 0.2) is 29.4 Å². The first-order valence-corrected chi connectivity index (χ1v) is 9.22. The Morgan fingerprint density at radius 2 is 2.21 bits per heavy atom. The summed E-state index contributed by atoms with van der Waals surface area (Å²) in [6.45, 7) is 5.47. The number of H-pyrrole nitrogens is 1. The Morgan fingerprint density at radius 1 is 1.33 bits per heavy atom. The minimum absolute atomic E-state index is 0.617. The summed E-state index contributed by atoms with van der Waals surface area (Å²) in [4.78, 5) is 10.4. The number of aryl methyl sites for hydroxylation is 1. The molecule has 2 aromatic rings. The Kier molecular flexibility index (Phi) is 3.99. The molecule has 4 nitrogen and oxygen atoms in total. The molecule has 2 aliphatic rings. The fourth-order valence-electron chi connectivity index (χ4n) is 4.49. The van der Waals surface area contributed by atoms with Gasteiger partial charge in [0.25, 0.3) is 0 Å². The minimum Gasteiger partial charge on any atom is -0.361 e. The van der Waals surface area contributed by atoms with Crippen molar-refractivity contribution in [2.45, 2.75) is 39.0 Å². The number of likely N-dealkylation sites (tertiary alicyclic amines) is 1. The first-order chi connectivity index (χ1) is 11.7. The third-order valence-electron chi connectivity index (χ3n) is 6.04. The summed E-state index contributed by atoms with van der Waals surface area (Å²) >= 11 is 0. The minimum atomic E-state index is 0.617. The molecular weight excluding hydrogens is 296 g/mol. The molecule has 4 rings (SSSR count). The van der Waals surface area contributed by atoms with Gasteiger partial charge in [-0.2, -0.15) is 0 Å². The maximum Gasteiger partial charge on any atom is 0.193 e. The van der Waals surface area contributed by atoms with Gasteiger partial charge in [-0.3, -0.25) is 4.99 Å². The van der Waals surface area contributed by atoms with Crippen LogP contribution in [-0.4, -0.2) is 42.5 Å². The van der Waals surface area contributed by atoms with E-state index in [2.05, 4.69) is 51.5 Å². The number of aliphatic imine (C=N–C) groups is 1. The van der Waals surface area contributed by atoms with Crippen LogP contribution in [-0.2, 0) is 6.42 Å².